The van der Waals surface area contributed by atoms with E-state index in [1.807, 2.05) is 24.3 Å². The van der Waals surface area contributed by atoms with Gasteiger partial charge in [-0.1, -0.05) is 18.2 Å². The minimum Gasteiger partial charge on any atom is -0.464 e. The number of benzene rings is 1. The molecule has 1 aromatic heterocycles. The Morgan fingerprint density at radius 1 is 1.36 bits per heavy atom. The van der Waals surface area contributed by atoms with Crippen LogP contribution < -0.4 is 5.73 Å². The molecule has 1 unspecified atom stereocenters. The Morgan fingerprint density at radius 2 is 2.14 bits per heavy atom. The van der Waals surface area contributed by atoms with Gasteiger partial charge in [-0.25, -0.2) is 0 Å². The molecule has 74 valence electrons. The van der Waals surface area contributed by atoms with Crippen molar-refractivity contribution in [1.82, 2.24) is 0 Å². The lowest BCUT2D eigenvalue weighted by Gasteiger charge is -2.04. The van der Waals surface area contributed by atoms with Gasteiger partial charge in [0.25, 0.3) is 0 Å². The molecule has 0 aliphatic heterocycles. The number of fused-ring (bicyclic) bond motifs is 1. The summed E-state index contributed by atoms with van der Waals surface area (Å²) in [5.74, 6) is 0. The second-order valence-electron chi connectivity index (χ2n) is 3.35. The molecule has 0 fully saturated rings. The van der Waals surface area contributed by atoms with Gasteiger partial charge in [0.15, 0.2) is 0 Å². The van der Waals surface area contributed by atoms with Crippen molar-refractivity contribution in [3.8, 4) is 0 Å². The van der Waals surface area contributed by atoms with Crippen molar-refractivity contribution in [2.75, 3.05) is 6.54 Å². The van der Waals surface area contributed by atoms with Gasteiger partial charge in [-0.2, -0.15) is 0 Å². The van der Waals surface area contributed by atoms with E-state index in [0.29, 0.717) is 6.42 Å². The number of aliphatic hydroxyl groups excluding tert-OH is 1. The second kappa shape index (κ2) is 3.82. The van der Waals surface area contributed by atoms with E-state index < -0.39 is 6.10 Å². The van der Waals surface area contributed by atoms with Gasteiger partial charge in [-0.15, -0.1) is 0 Å². The molecule has 2 aromatic rings. The third kappa shape index (κ3) is 1.64. The molecular weight excluding hydrogens is 178 g/mol. The molecule has 3 N–H and O–H groups in total. The van der Waals surface area contributed by atoms with Gasteiger partial charge in [-0.05, 0) is 6.07 Å². The van der Waals surface area contributed by atoms with Gasteiger partial charge < -0.3 is 15.3 Å². The van der Waals surface area contributed by atoms with Crippen LogP contribution in [0.2, 0.25) is 0 Å². The molecule has 1 atom stereocenters. The van der Waals surface area contributed by atoms with Crippen LogP contribution in [-0.2, 0) is 6.42 Å². The van der Waals surface area contributed by atoms with Crippen LogP contribution in [0.15, 0.2) is 34.9 Å². The monoisotopic (exact) mass is 191 g/mol. The number of aliphatic hydroxyl groups is 1. The van der Waals surface area contributed by atoms with Crippen LogP contribution in [0.4, 0.5) is 0 Å². The van der Waals surface area contributed by atoms with E-state index in [-0.39, 0.29) is 6.54 Å². The van der Waals surface area contributed by atoms with Crippen molar-refractivity contribution in [2.45, 2.75) is 12.5 Å². The summed E-state index contributed by atoms with van der Waals surface area (Å²) in [4.78, 5) is 0. The quantitative estimate of drug-likeness (QED) is 0.768. The minimum absolute atomic E-state index is 0.277. The summed E-state index contributed by atoms with van der Waals surface area (Å²) in [7, 11) is 0. The van der Waals surface area contributed by atoms with E-state index in [9.17, 15) is 5.11 Å². The lowest BCUT2D eigenvalue weighted by Crippen LogP contribution is -2.21. The molecule has 0 radical (unpaired) electrons. The van der Waals surface area contributed by atoms with Crippen LogP contribution in [0.25, 0.3) is 11.0 Å². The van der Waals surface area contributed by atoms with Gasteiger partial charge in [0, 0.05) is 23.9 Å². The lowest BCUT2D eigenvalue weighted by atomic mass is 10.1. The summed E-state index contributed by atoms with van der Waals surface area (Å²) in [5.41, 5.74) is 7.22. The van der Waals surface area contributed by atoms with Crippen molar-refractivity contribution in [3.05, 3.63) is 36.1 Å². The van der Waals surface area contributed by atoms with Gasteiger partial charge in [-0.3, -0.25) is 0 Å². The molecule has 1 aromatic carbocycles. The highest BCUT2D eigenvalue weighted by atomic mass is 16.3. The second-order valence-corrected chi connectivity index (χ2v) is 3.35. The Bertz CT molecular complexity index is 422. The lowest BCUT2D eigenvalue weighted by molar-refractivity contribution is 0.183. The Kier molecular flexibility index (Phi) is 2.52. The largest absolute Gasteiger partial charge is 0.464 e. The highest BCUT2D eigenvalue weighted by Gasteiger charge is 2.08. The third-order valence-corrected chi connectivity index (χ3v) is 2.29. The third-order valence-electron chi connectivity index (χ3n) is 2.29. The maximum Gasteiger partial charge on any atom is 0.134 e. The average molecular weight is 191 g/mol. The topological polar surface area (TPSA) is 59.4 Å². The molecular formula is C11H13NO2. The molecule has 0 aliphatic rings. The highest BCUT2D eigenvalue weighted by molar-refractivity contribution is 5.80. The maximum atomic E-state index is 9.42. The fraction of sp³-hybridized carbons (Fsp3) is 0.273. The first kappa shape index (κ1) is 9.24. The summed E-state index contributed by atoms with van der Waals surface area (Å²) in [6.07, 6.45) is 1.74. The molecule has 3 heteroatoms. The molecule has 0 bridgehead atoms. The zero-order chi connectivity index (χ0) is 9.97. The number of para-hydroxylation sites is 1. The zero-order valence-corrected chi connectivity index (χ0v) is 7.81. The number of hydrogen-bond acceptors (Lipinski definition) is 3. The van der Waals surface area contributed by atoms with E-state index in [0.717, 1.165) is 16.5 Å². The molecule has 0 amide bonds. The van der Waals surface area contributed by atoms with Gasteiger partial charge in [0.2, 0.25) is 0 Å². The van der Waals surface area contributed by atoms with Crippen LogP contribution in [0.5, 0.6) is 0 Å². The zero-order valence-electron chi connectivity index (χ0n) is 7.81. The summed E-state index contributed by atoms with van der Waals surface area (Å²) >= 11 is 0. The van der Waals surface area contributed by atoms with E-state index >= 15 is 0 Å². The van der Waals surface area contributed by atoms with E-state index in [2.05, 4.69) is 0 Å². The van der Waals surface area contributed by atoms with Gasteiger partial charge >= 0.3 is 0 Å². The Balaban J connectivity index is 2.33. The summed E-state index contributed by atoms with van der Waals surface area (Å²) in [6, 6.07) is 7.77. The highest BCUT2D eigenvalue weighted by Crippen LogP contribution is 2.21. The molecule has 14 heavy (non-hydrogen) atoms. The van der Waals surface area contributed by atoms with Crippen LogP contribution in [0, 0.1) is 0 Å². The van der Waals surface area contributed by atoms with Crippen LogP contribution in [-0.4, -0.2) is 17.8 Å². The first-order chi connectivity index (χ1) is 6.81. The number of nitrogens with two attached hydrogens (primary N) is 1. The fourth-order valence-corrected chi connectivity index (χ4v) is 1.53. The smallest absolute Gasteiger partial charge is 0.134 e. The predicted molar refractivity (Wildman–Crippen MR) is 55.0 cm³/mol. The maximum absolute atomic E-state index is 9.42. The number of furan rings is 1. The standard InChI is InChI=1S/C11H13NO2/c12-6-9(13)5-8-7-14-11-4-2-1-3-10(8)11/h1-4,7,9,13H,5-6,12H2. The van der Waals surface area contributed by atoms with E-state index in [1.54, 1.807) is 6.26 Å². The normalized spacial score (nSPS) is 13.3. The molecule has 2 rings (SSSR count). The van der Waals surface area contributed by atoms with Crippen LogP contribution in [0.1, 0.15) is 5.56 Å². The van der Waals surface area contributed by atoms with Crippen molar-refractivity contribution in [1.29, 1.82) is 0 Å². The fourth-order valence-electron chi connectivity index (χ4n) is 1.53. The number of hydrogen-bond donors (Lipinski definition) is 2. The SMILES string of the molecule is NCC(O)Cc1coc2ccccc12. The minimum atomic E-state index is -0.490. The first-order valence-corrected chi connectivity index (χ1v) is 4.64. The summed E-state index contributed by atoms with van der Waals surface area (Å²) in [5, 5.41) is 10.5. The van der Waals surface area contributed by atoms with Crippen LogP contribution >= 0.6 is 0 Å². The van der Waals surface area contributed by atoms with Crippen LogP contribution in [0.3, 0.4) is 0 Å². The van der Waals surface area contributed by atoms with Crippen molar-refractivity contribution in [3.63, 3.8) is 0 Å². The molecule has 0 aliphatic carbocycles. The number of rotatable bonds is 3. The summed E-state index contributed by atoms with van der Waals surface area (Å²) < 4.78 is 5.34. The van der Waals surface area contributed by atoms with Crippen molar-refractivity contribution < 1.29 is 9.52 Å². The van der Waals surface area contributed by atoms with Crippen molar-refractivity contribution >= 4 is 11.0 Å². The van der Waals surface area contributed by atoms with E-state index in [4.69, 9.17) is 10.2 Å². The summed E-state index contributed by atoms with van der Waals surface area (Å²) in [6.45, 7) is 0.277. The van der Waals surface area contributed by atoms with Gasteiger partial charge in [0.05, 0.1) is 12.4 Å². The van der Waals surface area contributed by atoms with Gasteiger partial charge in [0.1, 0.15) is 5.58 Å². The first-order valence-electron chi connectivity index (χ1n) is 4.64. The molecule has 0 saturated carbocycles. The van der Waals surface area contributed by atoms with Crippen molar-refractivity contribution in [2.24, 2.45) is 5.73 Å². The Labute approximate surface area is 82.1 Å². The van der Waals surface area contributed by atoms with E-state index in [1.165, 1.54) is 0 Å². The average Bonchev–Trinajstić information content (AvgIpc) is 2.62. The molecule has 0 spiro atoms. The Hall–Kier alpha value is -1.32. The molecule has 1 heterocycles. The molecule has 3 nitrogen and oxygen atoms in total. The predicted octanol–water partition coefficient (Wildman–Crippen LogP) is 1.29. The Morgan fingerprint density at radius 3 is 2.93 bits per heavy atom. The molecule has 0 saturated heterocycles.